The van der Waals surface area contributed by atoms with Crippen LogP contribution in [0.3, 0.4) is 0 Å². The summed E-state index contributed by atoms with van der Waals surface area (Å²) in [6.45, 7) is 2.48. The van der Waals surface area contributed by atoms with E-state index in [1.807, 2.05) is 0 Å². The van der Waals surface area contributed by atoms with Crippen molar-refractivity contribution < 1.29 is 19.1 Å². The van der Waals surface area contributed by atoms with Gasteiger partial charge in [0.25, 0.3) is 0 Å². The first-order valence-corrected chi connectivity index (χ1v) is 5.35. The highest BCUT2D eigenvalue weighted by Gasteiger charge is 2.17. The highest BCUT2D eigenvalue weighted by molar-refractivity contribution is 5.80. The Morgan fingerprint density at radius 3 is 3.00 bits per heavy atom. The van der Waals surface area contributed by atoms with Gasteiger partial charge in [0, 0.05) is 33.2 Å². The van der Waals surface area contributed by atoms with Crippen molar-refractivity contribution in [2.75, 3.05) is 46.6 Å². The van der Waals surface area contributed by atoms with Gasteiger partial charge in [-0.15, -0.1) is 0 Å². The van der Waals surface area contributed by atoms with Crippen molar-refractivity contribution in [1.82, 2.24) is 10.2 Å². The topological polar surface area (TPSA) is 67.9 Å². The van der Waals surface area contributed by atoms with Gasteiger partial charge in [-0.05, 0) is 0 Å². The third-order valence-corrected chi connectivity index (χ3v) is 2.32. The molecule has 0 unspecified atom stereocenters. The quantitative estimate of drug-likeness (QED) is 0.615. The minimum Gasteiger partial charge on any atom is -0.382 e. The molecule has 6 heteroatoms. The van der Waals surface area contributed by atoms with Crippen LogP contribution in [0, 0.1) is 0 Å². The van der Waals surface area contributed by atoms with E-state index in [9.17, 15) is 9.59 Å². The Bertz CT molecular complexity index is 245. The Balaban J connectivity index is 2.22. The van der Waals surface area contributed by atoms with Gasteiger partial charge in [0.1, 0.15) is 6.61 Å². The van der Waals surface area contributed by atoms with Gasteiger partial charge in [0.05, 0.1) is 13.2 Å². The number of amides is 2. The molecule has 0 aromatic carbocycles. The maximum atomic E-state index is 11.6. The lowest BCUT2D eigenvalue weighted by Gasteiger charge is -2.19. The molecule has 1 heterocycles. The summed E-state index contributed by atoms with van der Waals surface area (Å²) in [5.41, 5.74) is 0. The zero-order valence-electron chi connectivity index (χ0n) is 9.53. The highest BCUT2D eigenvalue weighted by atomic mass is 16.5. The lowest BCUT2D eigenvalue weighted by molar-refractivity contribution is -0.136. The van der Waals surface area contributed by atoms with Gasteiger partial charge in [0.15, 0.2) is 0 Å². The molecule has 1 aliphatic heterocycles. The van der Waals surface area contributed by atoms with E-state index in [-0.39, 0.29) is 18.4 Å². The third-order valence-electron chi connectivity index (χ3n) is 2.32. The fourth-order valence-electron chi connectivity index (χ4n) is 1.41. The average Bonchev–Trinajstić information content (AvgIpc) is 2.49. The summed E-state index contributed by atoms with van der Waals surface area (Å²) in [6, 6.07) is 0. The Morgan fingerprint density at radius 2 is 2.25 bits per heavy atom. The predicted molar refractivity (Wildman–Crippen MR) is 56.9 cm³/mol. The van der Waals surface area contributed by atoms with Gasteiger partial charge in [-0.1, -0.05) is 0 Å². The van der Waals surface area contributed by atoms with Crippen LogP contribution in [0.5, 0.6) is 0 Å². The summed E-state index contributed by atoms with van der Waals surface area (Å²) in [7, 11) is 1.58. The molecular formula is C10H18N2O4. The smallest absolute Gasteiger partial charge is 0.248 e. The second-order valence-corrected chi connectivity index (χ2v) is 3.53. The van der Waals surface area contributed by atoms with Crippen molar-refractivity contribution in [3.8, 4) is 0 Å². The summed E-state index contributed by atoms with van der Waals surface area (Å²) in [5.74, 6) is -0.0804. The van der Waals surface area contributed by atoms with Crippen molar-refractivity contribution in [2.24, 2.45) is 0 Å². The first kappa shape index (κ1) is 12.9. The molecule has 0 spiro atoms. The van der Waals surface area contributed by atoms with Gasteiger partial charge in [-0.25, -0.2) is 0 Å². The highest BCUT2D eigenvalue weighted by Crippen LogP contribution is 1.97. The van der Waals surface area contributed by atoms with Gasteiger partial charge in [0.2, 0.25) is 11.8 Å². The molecule has 1 aliphatic rings. The number of carbonyl (C=O) groups is 2. The lowest BCUT2D eigenvalue weighted by Crippen LogP contribution is -2.36. The molecule has 0 aromatic rings. The van der Waals surface area contributed by atoms with Gasteiger partial charge in [-0.3, -0.25) is 9.59 Å². The number of hydrogen-bond donors (Lipinski definition) is 1. The SMILES string of the molecule is COCCOCC(=O)N1CCNC(=O)CC1. The Hall–Kier alpha value is -1.14. The van der Waals surface area contributed by atoms with Crippen LogP contribution in [0.4, 0.5) is 0 Å². The molecule has 1 saturated heterocycles. The molecule has 6 nitrogen and oxygen atoms in total. The Labute approximate surface area is 94.9 Å². The molecule has 1 N–H and O–H groups in total. The molecule has 0 aliphatic carbocycles. The summed E-state index contributed by atoms with van der Waals surface area (Å²) in [5, 5.41) is 2.71. The number of rotatable bonds is 5. The zero-order valence-corrected chi connectivity index (χ0v) is 9.53. The monoisotopic (exact) mass is 230 g/mol. The standard InChI is InChI=1S/C10H18N2O4/c1-15-6-7-16-8-10(14)12-4-2-9(13)11-3-5-12/h2-8H2,1H3,(H,11,13). The summed E-state index contributed by atoms with van der Waals surface area (Å²) < 4.78 is 9.93. The molecule has 0 radical (unpaired) electrons. The van der Waals surface area contributed by atoms with Crippen LogP contribution in [0.1, 0.15) is 6.42 Å². The Morgan fingerprint density at radius 1 is 1.44 bits per heavy atom. The fourth-order valence-corrected chi connectivity index (χ4v) is 1.41. The molecule has 1 fully saturated rings. The van der Waals surface area contributed by atoms with Crippen LogP contribution in [0.25, 0.3) is 0 Å². The molecule has 1 rings (SSSR count). The number of methoxy groups -OCH3 is 1. The van der Waals surface area contributed by atoms with Crippen LogP contribution >= 0.6 is 0 Å². The lowest BCUT2D eigenvalue weighted by atomic mass is 10.4. The van der Waals surface area contributed by atoms with E-state index in [0.717, 1.165) is 0 Å². The summed E-state index contributed by atoms with van der Waals surface area (Å²) in [4.78, 5) is 24.3. The van der Waals surface area contributed by atoms with Crippen molar-refractivity contribution in [3.05, 3.63) is 0 Å². The normalized spacial score (nSPS) is 16.8. The molecule has 92 valence electrons. The zero-order chi connectivity index (χ0) is 11.8. The van der Waals surface area contributed by atoms with Crippen LogP contribution in [-0.4, -0.2) is 63.3 Å². The van der Waals surface area contributed by atoms with Crippen LogP contribution in [0.2, 0.25) is 0 Å². The molecule has 16 heavy (non-hydrogen) atoms. The second-order valence-electron chi connectivity index (χ2n) is 3.53. The van der Waals surface area contributed by atoms with Crippen LogP contribution < -0.4 is 5.32 Å². The van der Waals surface area contributed by atoms with Gasteiger partial charge < -0.3 is 19.7 Å². The first-order chi connectivity index (χ1) is 7.74. The largest absolute Gasteiger partial charge is 0.382 e. The molecule has 2 amide bonds. The first-order valence-electron chi connectivity index (χ1n) is 5.35. The number of hydrogen-bond acceptors (Lipinski definition) is 4. The third kappa shape index (κ3) is 4.59. The minimum absolute atomic E-state index is 0.00407. The van der Waals surface area contributed by atoms with E-state index in [0.29, 0.717) is 39.3 Å². The fraction of sp³-hybridized carbons (Fsp3) is 0.800. The second kappa shape index (κ2) is 7.19. The van der Waals surface area contributed by atoms with E-state index in [1.54, 1.807) is 12.0 Å². The van der Waals surface area contributed by atoms with Crippen molar-refractivity contribution in [3.63, 3.8) is 0 Å². The number of nitrogens with one attached hydrogen (secondary N) is 1. The van der Waals surface area contributed by atoms with E-state index >= 15 is 0 Å². The van der Waals surface area contributed by atoms with E-state index in [1.165, 1.54) is 0 Å². The van der Waals surface area contributed by atoms with Crippen molar-refractivity contribution >= 4 is 11.8 Å². The predicted octanol–water partition coefficient (Wildman–Crippen LogP) is -1.00. The summed E-state index contributed by atoms with van der Waals surface area (Å²) in [6.07, 6.45) is 0.365. The molecule has 0 aromatic heterocycles. The van der Waals surface area contributed by atoms with E-state index < -0.39 is 0 Å². The van der Waals surface area contributed by atoms with Crippen molar-refractivity contribution in [2.45, 2.75) is 6.42 Å². The average molecular weight is 230 g/mol. The van der Waals surface area contributed by atoms with E-state index in [2.05, 4.69) is 5.32 Å². The molecule has 0 atom stereocenters. The van der Waals surface area contributed by atoms with Crippen molar-refractivity contribution in [1.29, 1.82) is 0 Å². The molecule has 0 bridgehead atoms. The summed E-state index contributed by atoms with van der Waals surface area (Å²) >= 11 is 0. The molecule has 0 saturated carbocycles. The maximum absolute atomic E-state index is 11.6. The Kier molecular flexibility index (Phi) is 5.81. The van der Waals surface area contributed by atoms with Gasteiger partial charge >= 0.3 is 0 Å². The molecular weight excluding hydrogens is 212 g/mol. The van der Waals surface area contributed by atoms with Crippen LogP contribution in [-0.2, 0) is 19.1 Å². The van der Waals surface area contributed by atoms with E-state index in [4.69, 9.17) is 9.47 Å². The maximum Gasteiger partial charge on any atom is 0.248 e. The van der Waals surface area contributed by atoms with Crippen LogP contribution in [0.15, 0.2) is 0 Å². The number of carbonyl (C=O) groups excluding carboxylic acids is 2. The number of ether oxygens (including phenoxy) is 2. The number of nitrogens with zero attached hydrogens (tertiary/aromatic N) is 1. The minimum atomic E-state index is -0.0763. The van der Waals surface area contributed by atoms with Gasteiger partial charge in [-0.2, -0.15) is 0 Å².